The summed E-state index contributed by atoms with van der Waals surface area (Å²) >= 11 is 0. The molecule has 0 amide bonds. The van der Waals surface area contributed by atoms with Crippen molar-refractivity contribution in [2.45, 2.75) is 12.5 Å². The molecule has 5 nitrogen and oxygen atoms in total. The first-order valence-electron chi connectivity index (χ1n) is 4.17. The van der Waals surface area contributed by atoms with Crippen LogP contribution >= 0.6 is 0 Å². The molecule has 1 aromatic carbocycles. The number of rotatable bonds is 3. The van der Waals surface area contributed by atoms with Gasteiger partial charge < -0.3 is 26.2 Å². The number of phenolic OH excluding ortho intramolecular Hbond substituents is 3. The zero-order valence-corrected chi connectivity index (χ0v) is 7.51. The van der Waals surface area contributed by atoms with Crippen LogP contribution in [0.1, 0.15) is 18.0 Å². The van der Waals surface area contributed by atoms with E-state index in [1.807, 2.05) is 0 Å². The highest BCUT2D eigenvalue weighted by atomic mass is 16.3. The molecule has 0 fully saturated rings. The highest BCUT2D eigenvalue weighted by molar-refractivity contribution is 5.50. The number of aromatic hydroxyl groups is 3. The van der Waals surface area contributed by atoms with E-state index in [0.717, 1.165) is 12.1 Å². The molecule has 0 aliphatic rings. The lowest BCUT2D eigenvalue weighted by Crippen LogP contribution is -2.12. The zero-order chi connectivity index (χ0) is 10.7. The molecule has 1 atom stereocenters. The Balaban J connectivity index is 3.07. The number of aliphatic hydroxyl groups excluding tert-OH is 1. The van der Waals surface area contributed by atoms with Crippen molar-refractivity contribution in [1.29, 1.82) is 0 Å². The second-order valence-electron chi connectivity index (χ2n) is 3.02. The van der Waals surface area contributed by atoms with Crippen molar-refractivity contribution in [3.63, 3.8) is 0 Å². The Morgan fingerprint density at radius 2 is 1.64 bits per heavy atom. The van der Waals surface area contributed by atoms with Crippen LogP contribution in [0.15, 0.2) is 12.1 Å². The third-order valence-electron chi connectivity index (χ3n) is 1.93. The average molecular weight is 199 g/mol. The summed E-state index contributed by atoms with van der Waals surface area (Å²) in [7, 11) is 0. The summed E-state index contributed by atoms with van der Waals surface area (Å²) in [5.41, 5.74) is 5.73. The molecule has 0 saturated carbocycles. The number of nitrogens with two attached hydrogens (primary N) is 1. The zero-order valence-electron chi connectivity index (χ0n) is 7.51. The van der Waals surface area contributed by atoms with E-state index in [2.05, 4.69) is 0 Å². The largest absolute Gasteiger partial charge is 0.508 e. The molecule has 0 aliphatic heterocycles. The topological polar surface area (TPSA) is 107 Å². The van der Waals surface area contributed by atoms with E-state index in [1.165, 1.54) is 0 Å². The van der Waals surface area contributed by atoms with Crippen LogP contribution in [0.4, 0.5) is 0 Å². The Morgan fingerprint density at radius 3 is 2.07 bits per heavy atom. The number of benzene rings is 1. The second-order valence-corrected chi connectivity index (χ2v) is 3.02. The standard InChI is InChI=1S/C9H13NO4/c10-6(1-2-11)9-7(13)3-5(12)4-8(9)14/h3-4,6,11-14H,1-2,10H2/t6-/m0/s1. The number of hydrogen-bond acceptors (Lipinski definition) is 5. The summed E-state index contributed by atoms with van der Waals surface area (Å²) in [5, 5.41) is 36.4. The van der Waals surface area contributed by atoms with Crippen molar-refractivity contribution in [3.8, 4) is 17.2 Å². The van der Waals surface area contributed by atoms with Gasteiger partial charge in [-0.25, -0.2) is 0 Å². The first kappa shape index (κ1) is 10.6. The van der Waals surface area contributed by atoms with Crippen LogP contribution in [0.25, 0.3) is 0 Å². The van der Waals surface area contributed by atoms with Gasteiger partial charge in [-0.1, -0.05) is 0 Å². The van der Waals surface area contributed by atoms with Crippen LogP contribution in [0.5, 0.6) is 17.2 Å². The van der Waals surface area contributed by atoms with Gasteiger partial charge in [0.15, 0.2) is 0 Å². The lowest BCUT2D eigenvalue weighted by molar-refractivity contribution is 0.274. The average Bonchev–Trinajstić information content (AvgIpc) is 2.01. The van der Waals surface area contributed by atoms with Crippen molar-refractivity contribution in [1.82, 2.24) is 0 Å². The van der Waals surface area contributed by atoms with Gasteiger partial charge in [-0.3, -0.25) is 0 Å². The quantitative estimate of drug-likeness (QED) is 0.477. The fourth-order valence-corrected chi connectivity index (χ4v) is 1.27. The molecule has 14 heavy (non-hydrogen) atoms. The second kappa shape index (κ2) is 4.17. The Kier molecular flexibility index (Phi) is 3.16. The predicted molar refractivity (Wildman–Crippen MR) is 50.1 cm³/mol. The van der Waals surface area contributed by atoms with E-state index in [4.69, 9.17) is 15.9 Å². The minimum Gasteiger partial charge on any atom is -0.508 e. The van der Waals surface area contributed by atoms with Crippen LogP contribution in [-0.2, 0) is 0 Å². The molecular weight excluding hydrogens is 186 g/mol. The maximum Gasteiger partial charge on any atom is 0.127 e. The van der Waals surface area contributed by atoms with E-state index in [0.29, 0.717) is 0 Å². The van der Waals surface area contributed by atoms with Crippen LogP contribution < -0.4 is 5.73 Å². The molecule has 0 saturated heterocycles. The van der Waals surface area contributed by atoms with Gasteiger partial charge in [-0.05, 0) is 6.42 Å². The highest BCUT2D eigenvalue weighted by Crippen LogP contribution is 2.36. The Bertz CT molecular complexity index is 304. The molecule has 0 radical (unpaired) electrons. The molecule has 0 aromatic heterocycles. The van der Waals surface area contributed by atoms with Crippen molar-refractivity contribution < 1.29 is 20.4 Å². The molecule has 0 heterocycles. The molecule has 6 N–H and O–H groups in total. The molecule has 1 rings (SSSR count). The maximum atomic E-state index is 9.39. The number of aliphatic hydroxyl groups is 1. The van der Waals surface area contributed by atoms with Crippen molar-refractivity contribution in [3.05, 3.63) is 17.7 Å². The molecule has 0 unspecified atom stereocenters. The number of phenols is 3. The van der Waals surface area contributed by atoms with Crippen LogP contribution in [0, 0.1) is 0 Å². The summed E-state index contributed by atoms with van der Waals surface area (Å²) in [4.78, 5) is 0. The highest BCUT2D eigenvalue weighted by Gasteiger charge is 2.16. The van der Waals surface area contributed by atoms with E-state index in [1.54, 1.807) is 0 Å². The lowest BCUT2D eigenvalue weighted by Gasteiger charge is -2.14. The van der Waals surface area contributed by atoms with Crippen molar-refractivity contribution in [2.24, 2.45) is 5.73 Å². The lowest BCUT2D eigenvalue weighted by atomic mass is 10.0. The van der Waals surface area contributed by atoms with Crippen molar-refractivity contribution in [2.75, 3.05) is 6.61 Å². The van der Waals surface area contributed by atoms with E-state index < -0.39 is 6.04 Å². The Hall–Kier alpha value is -1.46. The normalized spacial score (nSPS) is 12.7. The van der Waals surface area contributed by atoms with Gasteiger partial charge in [0, 0.05) is 24.8 Å². The van der Waals surface area contributed by atoms with Gasteiger partial charge in [0.1, 0.15) is 17.2 Å². The Labute approximate surface area is 81.0 Å². The molecular formula is C9H13NO4. The minimum atomic E-state index is -0.652. The van der Waals surface area contributed by atoms with E-state index >= 15 is 0 Å². The summed E-state index contributed by atoms with van der Waals surface area (Å²) in [6.45, 7) is -0.138. The predicted octanol–water partition coefficient (Wildman–Crippen LogP) is 0.186. The third kappa shape index (κ3) is 2.07. The summed E-state index contributed by atoms with van der Waals surface area (Å²) in [5.74, 6) is -0.785. The van der Waals surface area contributed by atoms with Gasteiger partial charge in [0.2, 0.25) is 0 Å². The summed E-state index contributed by atoms with van der Waals surface area (Å²) in [6.07, 6.45) is 0.228. The van der Waals surface area contributed by atoms with Crippen LogP contribution in [0.2, 0.25) is 0 Å². The smallest absolute Gasteiger partial charge is 0.127 e. The van der Waals surface area contributed by atoms with Crippen LogP contribution in [0.3, 0.4) is 0 Å². The first-order valence-corrected chi connectivity index (χ1v) is 4.17. The SMILES string of the molecule is N[C@@H](CCO)c1c(O)cc(O)cc1O. The van der Waals surface area contributed by atoms with Gasteiger partial charge in [0.25, 0.3) is 0 Å². The maximum absolute atomic E-state index is 9.39. The monoisotopic (exact) mass is 199 g/mol. The summed E-state index contributed by atoms with van der Waals surface area (Å²) < 4.78 is 0. The Morgan fingerprint density at radius 1 is 1.14 bits per heavy atom. The van der Waals surface area contributed by atoms with E-state index in [9.17, 15) is 10.2 Å². The minimum absolute atomic E-state index is 0.136. The molecule has 0 spiro atoms. The summed E-state index contributed by atoms with van der Waals surface area (Å²) in [6, 6.07) is 1.53. The molecule has 1 aromatic rings. The molecule has 0 aliphatic carbocycles. The first-order chi connectivity index (χ1) is 6.56. The van der Waals surface area contributed by atoms with Crippen LogP contribution in [-0.4, -0.2) is 27.0 Å². The molecule has 78 valence electrons. The van der Waals surface area contributed by atoms with E-state index in [-0.39, 0.29) is 35.8 Å². The van der Waals surface area contributed by atoms with Crippen molar-refractivity contribution >= 4 is 0 Å². The third-order valence-corrected chi connectivity index (χ3v) is 1.93. The van der Waals surface area contributed by atoms with Gasteiger partial charge >= 0.3 is 0 Å². The molecule has 5 heteroatoms. The van der Waals surface area contributed by atoms with Gasteiger partial charge in [-0.2, -0.15) is 0 Å². The van der Waals surface area contributed by atoms with Gasteiger partial charge in [0.05, 0.1) is 5.56 Å². The van der Waals surface area contributed by atoms with Gasteiger partial charge in [-0.15, -0.1) is 0 Å². The molecule has 0 bridgehead atoms. The fourth-order valence-electron chi connectivity index (χ4n) is 1.27. The number of hydrogen-bond donors (Lipinski definition) is 5. The fraction of sp³-hybridized carbons (Fsp3) is 0.333.